The first-order chi connectivity index (χ1) is 9.14. The van der Waals surface area contributed by atoms with Crippen LogP contribution >= 0.6 is 0 Å². The van der Waals surface area contributed by atoms with Crippen LogP contribution in [0.3, 0.4) is 0 Å². The standard InChI is InChI=1S/C14H23F3N2O/c1-4-18-7-10-5-6-11(8-18)19(10)12(20)13(2,3)9-14(15,16)17/h10-11H,4-9H2,1-3H3. The second kappa shape index (κ2) is 5.20. The van der Waals surface area contributed by atoms with Gasteiger partial charge in [-0.15, -0.1) is 0 Å². The first-order valence-corrected chi connectivity index (χ1v) is 7.26. The number of likely N-dealkylation sites (tertiary alicyclic amines) is 1. The number of rotatable bonds is 3. The van der Waals surface area contributed by atoms with Gasteiger partial charge in [0.05, 0.1) is 11.8 Å². The maximum absolute atomic E-state index is 12.6. The Balaban J connectivity index is 2.10. The van der Waals surface area contributed by atoms with Crippen LogP contribution in [0.2, 0.25) is 0 Å². The Morgan fingerprint density at radius 1 is 1.15 bits per heavy atom. The Labute approximate surface area is 118 Å². The molecule has 116 valence electrons. The van der Waals surface area contributed by atoms with Gasteiger partial charge in [0.25, 0.3) is 0 Å². The van der Waals surface area contributed by atoms with Gasteiger partial charge >= 0.3 is 6.18 Å². The minimum atomic E-state index is -4.30. The SMILES string of the molecule is CCN1CC2CCC(C1)N2C(=O)C(C)(C)CC(F)(F)F. The molecule has 0 aromatic rings. The number of alkyl halides is 3. The van der Waals surface area contributed by atoms with E-state index in [1.165, 1.54) is 13.8 Å². The van der Waals surface area contributed by atoms with Crippen molar-refractivity contribution in [3.63, 3.8) is 0 Å². The molecule has 1 amide bonds. The first kappa shape index (κ1) is 15.6. The number of amides is 1. The summed E-state index contributed by atoms with van der Waals surface area (Å²) in [6, 6.07) is 0.183. The number of likely N-dealkylation sites (N-methyl/N-ethyl adjacent to an activating group) is 1. The van der Waals surface area contributed by atoms with Crippen molar-refractivity contribution >= 4 is 5.91 Å². The fourth-order valence-electron chi connectivity index (χ4n) is 3.51. The van der Waals surface area contributed by atoms with Crippen molar-refractivity contribution in [1.82, 2.24) is 9.80 Å². The zero-order valence-electron chi connectivity index (χ0n) is 12.3. The molecule has 2 unspecified atom stereocenters. The highest BCUT2D eigenvalue weighted by Gasteiger charge is 2.49. The number of hydrogen-bond donors (Lipinski definition) is 0. The Morgan fingerprint density at radius 3 is 2.05 bits per heavy atom. The molecule has 2 rings (SSSR count). The molecule has 0 aromatic carbocycles. The fourth-order valence-corrected chi connectivity index (χ4v) is 3.51. The summed E-state index contributed by atoms with van der Waals surface area (Å²) in [5, 5.41) is 0. The van der Waals surface area contributed by atoms with Crippen LogP contribution in [0, 0.1) is 5.41 Å². The summed E-state index contributed by atoms with van der Waals surface area (Å²) in [5.74, 6) is -0.335. The van der Waals surface area contributed by atoms with Crippen LogP contribution in [0.25, 0.3) is 0 Å². The molecule has 20 heavy (non-hydrogen) atoms. The highest BCUT2D eigenvalue weighted by molar-refractivity contribution is 5.83. The van der Waals surface area contributed by atoms with E-state index in [0.717, 1.165) is 32.5 Å². The van der Waals surface area contributed by atoms with Crippen LogP contribution < -0.4 is 0 Å². The number of carbonyl (C=O) groups excluding carboxylic acids is 1. The molecule has 0 N–H and O–H groups in total. The van der Waals surface area contributed by atoms with Gasteiger partial charge in [-0.05, 0) is 19.4 Å². The Hall–Kier alpha value is -0.780. The third kappa shape index (κ3) is 3.10. The molecule has 2 bridgehead atoms. The zero-order valence-corrected chi connectivity index (χ0v) is 12.3. The molecule has 2 saturated heterocycles. The van der Waals surface area contributed by atoms with Gasteiger partial charge in [0, 0.05) is 25.2 Å². The number of fused-ring (bicyclic) bond motifs is 2. The van der Waals surface area contributed by atoms with Crippen LogP contribution in [0.1, 0.15) is 40.0 Å². The van der Waals surface area contributed by atoms with Crippen molar-refractivity contribution in [2.75, 3.05) is 19.6 Å². The minimum Gasteiger partial charge on any atom is -0.334 e. The van der Waals surface area contributed by atoms with Crippen molar-refractivity contribution in [2.24, 2.45) is 5.41 Å². The predicted octanol–water partition coefficient (Wildman–Crippen LogP) is 2.66. The van der Waals surface area contributed by atoms with E-state index in [-0.39, 0.29) is 18.0 Å². The second-order valence-corrected chi connectivity index (χ2v) is 6.63. The third-order valence-electron chi connectivity index (χ3n) is 4.46. The van der Waals surface area contributed by atoms with Gasteiger partial charge in [-0.1, -0.05) is 20.8 Å². The van der Waals surface area contributed by atoms with Gasteiger partial charge in [0.1, 0.15) is 0 Å². The molecule has 6 heteroatoms. The maximum atomic E-state index is 12.6. The normalized spacial score (nSPS) is 28.0. The van der Waals surface area contributed by atoms with Crippen LogP contribution in [-0.4, -0.2) is 53.6 Å². The Morgan fingerprint density at radius 2 is 1.65 bits per heavy atom. The van der Waals surface area contributed by atoms with Gasteiger partial charge in [0.2, 0.25) is 5.91 Å². The van der Waals surface area contributed by atoms with E-state index >= 15 is 0 Å². The lowest BCUT2D eigenvalue weighted by atomic mass is 9.86. The van der Waals surface area contributed by atoms with E-state index in [0.29, 0.717) is 0 Å². The molecule has 0 saturated carbocycles. The zero-order chi connectivity index (χ0) is 15.1. The summed E-state index contributed by atoms with van der Waals surface area (Å²) < 4.78 is 37.9. The van der Waals surface area contributed by atoms with Crippen LogP contribution in [-0.2, 0) is 4.79 Å². The van der Waals surface area contributed by atoms with Crippen molar-refractivity contribution < 1.29 is 18.0 Å². The summed E-state index contributed by atoms with van der Waals surface area (Å²) >= 11 is 0. The van der Waals surface area contributed by atoms with Crippen molar-refractivity contribution in [2.45, 2.75) is 58.3 Å². The highest BCUT2D eigenvalue weighted by atomic mass is 19.4. The van der Waals surface area contributed by atoms with Gasteiger partial charge in [-0.25, -0.2) is 0 Å². The molecule has 2 atom stereocenters. The van der Waals surface area contributed by atoms with Crippen molar-refractivity contribution in [1.29, 1.82) is 0 Å². The largest absolute Gasteiger partial charge is 0.390 e. The number of carbonyl (C=O) groups is 1. The molecule has 3 nitrogen and oxygen atoms in total. The molecule has 0 radical (unpaired) electrons. The average molecular weight is 292 g/mol. The summed E-state index contributed by atoms with van der Waals surface area (Å²) in [4.78, 5) is 16.6. The van der Waals surface area contributed by atoms with Gasteiger partial charge < -0.3 is 4.90 Å². The molecule has 0 aromatic heterocycles. The van der Waals surface area contributed by atoms with Crippen LogP contribution in [0.5, 0.6) is 0 Å². The lowest BCUT2D eigenvalue weighted by Gasteiger charge is -2.44. The van der Waals surface area contributed by atoms with E-state index in [1.807, 2.05) is 0 Å². The number of hydrogen-bond acceptors (Lipinski definition) is 2. The number of halogens is 3. The average Bonchev–Trinajstić information content (AvgIpc) is 2.55. The molecule has 2 aliphatic heterocycles. The van der Waals surface area contributed by atoms with E-state index < -0.39 is 18.0 Å². The number of nitrogens with zero attached hydrogens (tertiary/aromatic N) is 2. The van der Waals surface area contributed by atoms with E-state index in [2.05, 4.69) is 11.8 Å². The molecular weight excluding hydrogens is 269 g/mol. The number of piperazine rings is 1. The molecule has 0 spiro atoms. The molecule has 0 aliphatic carbocycles. The smallest absolute Gasteiger partial charge is 0.334 e. The first-order valence-electron chi connectivity index (χ1n) is 7.26. The van der Waals surface area contributed by atoms with Gasteiger partial charge in [-0.2, -0.15) is 13.2 Å². The predicted molar refractivity (Wildman–Crippen MR) is 70.2 cm³/mol. The highest BCUT2D eigenvalue weighted by Crippen LogP contribution is 2.39. The monoisotopic (exact) mass is 292 g/mol. The molecule has 2 heterocycles. The van der Waals surface area contributed by atoms with Gasteiger partial charge in [0.15, 0.2) is 0 Å². The lowest BCUT2D eigenvalue weighted by molar-refractivity contribution is -0.173. The van der Waals surface area contributed by atoms with Crippen molar-refractivity contribution in [3.8, 4) is 0 Å². The molecule has 2 aliphatic rings. The quantitative estimate of drug-likeness (QED) is 0.798. The third-order valence-corrected chi connectivity index (χ3v) is 4.46. The second-order valence-electron chi connectivity index (χ2n) is 6.63. The van der Waals surface area contributed by atoms with E-state index in [4.69, 9.17) is 0 Å². The van der Waals surface area contributed by atoms with Crippen LogP contribution in [0.15, 0.2) is 0 Å². The maximum Gasteiger partial charge on any atom is 0.390 e. The van der Waals surface area contributed by atoms with E-state index in [1.54, 1.807) is 4.90 Å². The van der Waals surface area contributed by atoms with Crippen molar-refractivity contribution in [3.05, 3.63) is 0 Å². The summed E-state index contributed by atoms with van der Waals surface area (Å²) in [7, 11) is 0. The van der Waals surface area contributed by atoms with E-state index in [9.17, 15) is 18.0 Å². The summed E-state index contributed by atoms with van der Waals surface area (Å²) in [6.07, 6.45) is -3.53. The Bertz CT molecular complexity index is 367. The van der Waals surface area contributed by atoms with Crippen LogP contribution in [0.4, 0.5) is 13.2 Å². The summed E-state index contributed by atoms with van der Waals surface area (Å²) in [5.41, 5.74) is -1.37. The van der Waals surface area contributed by atoms with Gasteiger partial charge in [-0.3, -0.25) is 9.69 Å². The molecule has 2 fully saturated rings. The summed E-state index contributed by atoms with van der Waals surface area (Å²) in [6.45, 7) is 7.41. The lowest BCUT2D eigenvalue weighted by Crippen LogP contribution is -2.58. The molecular formula is C14H23F3N2O. The fraction of sp³-hybridized carbons (Fsp3) is 0.929. The topological polar surface area (TPSA) is 23.6 Å². The minimum absolute atomic E-state index is 0.0914. The Kier molecular flexibility index (Phi) is 4.06.